The summed E-state index contributed by atoms with van der Waals surface area (Å²) < 4.78 is 1.64. The number of aliphatic carboxylic acids is 1. The number of aromatic nitrogens is 3. The number of carboxylic acids is 1. The van der Waals surface area contributed by atoms with E-state index < -0.39 is 11.9 Å². The Morgan fingerprint density at radius 1 is 1.05 bits per heavy atom. The molecule has 0 atom stereocenters. The molecule has 0 aromatic carbocycles. The van der Waals surface area contributed by atoms with E-state index in [0.29, 0.717) is 0 Å². The van der Waals surface area contributed by atoms with Gasteiger partial charge in [0.15, 0.2) is 5.69 Å². The van der Waals surface area contributed by atoms with E-state index >= 15 is 0 Å². The summed E-state index contributed by atoms with van der Waals surface area (Å²) in [5.41, 5.74) is 5.31. The fourth-order valence-electron chi connectivity index (χ4n) is 2.13. The molecule has 0 unspecified atom stereocenters. The molecule has 3 N–H and O–H groups in total. The van der Waals surface area contributed by atoms with Crippen LogP contribution in [0.25, 0.3) is 0 Å². The van der Waals surface area contributed by atoms with Gasteiger partial charge in [-0.1, -0.05) is 43.7 Å². The molecule has 0 radical (unpaired) electrons. The number of hydrogen-bond acceptors (Lipinski definition) is 4. The molecule has 0 spiro atoms. The van der Waals surface area contributed by atoms with Gasteiger partial charge in [-0.15, -0.1) is 5.10 Å². The lowest BCUT2D eigenvalue weighted by Gasteiger charge is -2.02. The van der Waals surface area contributed by atoms with E-state index in [9.17, 15) is 9.59 Å². The summed E-state index contributed by atoms with van der Waals surface area (Å²) >= 11 is 0. The highest BCUT2D eigenvalue weighted by Crippen LogP contribution is 2.10. The van der Waals surface area contributed by atoms with Crippen LogP contribution in [0.3, 0.4) is 0 Å². The molecule has 0 aliphatic carbocycles. The minimum absolute atomic E-state index is 0.205. The molecule has 21 heavy (non-hydrogen) atoms. The lowest BCUT2D eigenvalue weighted by atomic mass is 10.1. The first kappa shape index (κ1) is 17.1. The molecule has 1 heterocycles. The predicted octanol–water partition coefficient (Wildman–Crippen LogP) is 1.97. The third-order valence-electron chi connectivity index (χ3n) is 3.32. The molecule has 1 aromatic heterocycles. The van der Waals surface area contributed by atoms with E-state index in [1.165, 1.54) is 6.42 Å². The second kappa shape index (κ2) is 9.90. The third kappa shape index (κ3) is 8.06. The molecule has 1 rings (SSSR count). The number of nitrogens with zero attached hydrogens (tertiary/aromatic N) is 3. The van der Waals surface area contributed by atoms with Crippen molar-refractivity contribution in [2.45, 2.75) is 64.3 Å². The Bertz CT molecular complexity index is 445. The largest absolute Gasteiger partial charge is 0.481 e. The summed E-state index contributed by atoms with van der Waals surface area (Å²) in [5.74, 6) is -1.26. The number of primary amides is 1. The smallest absolute Gasteiger partial charge is 0.303 e. The number of hydrogen-bond donors (Lipinski definition) is 2. The SMILES string of the molecule is NC(=O)c1cn(CCCCCCCCCCC(=O)O)nn1. The van der Waals surface area contributed by atoms with Crippen molar-refractivity contribution >= 4 is 11.9 Å². The monoisotopic (exact) mass is 296 g/mol. The molecule has 0 saturated carbocycles. The maximum atomic E-state index is 10.8. The summed E-state index contributed by atoms with van der Waals surface area (Å²) in [4.78, 5) is 21.2. The minimum atomic E-state index is -0.706. The van der Waals surface area contributed by atoms with Crippen molar-refractivity contribution in [2.75, 3.05) is 0 Å². The van der Waals surface area contributed by atoms with E-state index in [0.717, 1.165) is 51.5 Å². The van der Waals surface area contributed by atoms with Crippen molar-refractivity contribution in [3.63, 3.8) is 0 Å². The maximum Gasteiger partial charge on any atom is 0.303 e. The van der Waals surface area contributed by atoms with Crippen LogP contribution >= 0.6 is 0 Å². The Hall–Kier alpha value is -1.92. The first-order chi connectivity index (χ1) is 10.1. The number of carbonyl (C=O) groups is 2. The standard InChI is InChI=1S/C14H24N4O3/c15-14(21)12-11-18(17-16-12)10-8-6-4-2-1-3-5-7-9-13(19)20/h11H,1-10H2,(H2,15,21)(H,19,20). The summed E-state index contributed by atoms with van der Waals surface area (Å²) in [6.07, 6.45) is 10.4. The Kier molecular flexibility index (Phi) is 8.08. The average Bonchev–Trinajstić information content (AvgIpc) is 2.89. The summed E-state index contributed by atoms with van der Waals surface area (Å²) in [6, 6.07) is 0. The van der Waals surface area contributed by atoms with Gasteiger partial charge in [0.25, 0.3) is 5.91 Å². The Balaban J connectivity index is 1.92. The minimum Gasteiger partial charge on any atom is -0.481 e. The molecule has 0 fully saturated rings. The summed E-state index contributed by atoms with van der Waals surface area (Å²) in [5, 5.41) is 16.0. The van der Waals surface area contributed by atoms with Crippen LogP contribution in [0, 0.1) is 0 Å². The first-order valence-electron chi connectivity index (χ1n) is 7.51. The molecular weight excluding hydrogens is 272 g/mol. The molecule has 0 bridgehead atoms. The number of amides is 1. The molecule has 0 aliphatic heterocycles. The number of unbranched alkanes of at least 4 members (excludes halogenated alkanes) is 7. The van der Waals surface area contributed by atoms with Gasteiger partial charge in [0.2, 0.25) is 0 Å². The topological polar surface area (TPSA) is 111 Å². The van der Waals surface area contributed by atoms with Gasteiger partial charge in [-0.3, -0.25) is 14.3 Å². The molecular formula is C14H24N4O3. The van der Waals surface area contributed by atoms with Gasteiger partial charge >= 0.3 is 5.97 Å². The van der Waals surface area contributed by atoms with Gasteiger partial charge in [-0.25, -0.2) is 0 Å². The highest BCUT2D eigenvalue weighted by atomic mass is 16.4. The Morgan fingerprint density at radius 3 is 2.14 bits per heavy atom. The van der Waals surface area contributed by atoms with Gasteiger partial charge in [0, 0.05) is 13.0 Å². The molecule has 0 saturated heterocycles. The van der Waals surface area contributed by atoms with Crippen LogP contribution in [0.5, 0.6) is 0 Å². The second-order valence-corrected chi connectivity index (χ2v) is 5.20. The van der Waals surface area contributed by atoms with Gasteiger partial charge in [0.1, 0.15) is 0 Å². The average molecular weight is 296 g/mol. The number of rotatable bonds is 12. The zero-order chi connectivity index (χ0) is 15.5. The quantitative estimate of drug-likeness (QED) is 0.573. The predicted molar refractivity (Wildman–Crippen MR) is 77.7 cm³/mol. The first-order valence-corrected chi connectivity index (χ1v) is 7.51. The fourth-order valence-corrected chi connectivity index (χ4v) is 2.13. The number of aryl methyl sites for hydroxylation is 1. The number of nitrogens with two attached hydrogens (primary N) is 1. The van der Waals surface area contributed by atoms with Gasteiger partial charge in [0.05, 0.1) is 6.20 Å². The van der Waals surface area contributed by atoms with Crippen LogP contribution in [-0.4, -0.2) is 32.0 Å². The lowest BCUT2D eigenvalue weighted by molar-refractivity contribution is -0.137. The summed E-state index contributed by atoms with van der Waals surface area (Å²) in [7, 11) is 0. The molecule has 7 heteroatoms. The van der Waals surface area contributed by atoms with Crippen molar-refractivity contribution in [3.05, 3.63) is 11.9 Å². The Morgan fingerprint density at radius 2 is 1.62 bits per heavy atom. The normalized spacial score (nSPS) is 10.7. The van der Waals surface area contributed by atoms with Crippen LogP contribution in [0.1, 0.15) is 68.3 Å². The fraction of sp³-hybridized carbons (Fsp3) is 0.714. The lowest BCUT2D eigenvalue weighted by Crippen LogP contribution is -2.11. The van der Waals surface area contributed by atoms with E-state index in [1.54, 1.807) is 10.9 Å². The zero-order valence-electron chi connectivity index (χ0n) is 12.3. The highest BCUT2D eigenvalue weighted by Gasteiger charge is 2.05. The van der Waals surface area contributed by atoms with E-state index in [1.807, 2.05) is 0 Å². The molecule has 7 nitrogen and oxygen atoms in total. The van der Waals surface area contributed by atoms with Crippen LogP contribution in [0.2, 0.25) is 0 Å². The van der Waals surface area contributed by atoms with Crippen molar-refractivity contribution in [1.29, 1.82) is 0 Å². The molecule has 118 valence electrons. The van der Waals surface area contributed by atoms with Crippen LogP contribution in [-0.2, 0) is 11.3 Å². The van der Waals surface area contributed by atoms with Gasteiger partial charge in [-0.2, -0.15) is 0 Å². The van der Waals surface area contributed by atoms with E-state index in [4.69, 9.17) is 10.8 Å². The molecule has 1 amide bonds. The van der Waals surface area contributed by atoms with Gasteiger partial charge < -0.3 is 10.8 Å². The van der Waals surface area contributed by atoms with Crippen molar-refractivity contribution in [3.8, 4) is 0 Å². The number of carbonyl (C=O) groups excluding carboxylic acids is 1. The van der Waals surface area contributed by atoms with Crippen LogP contribution < -0.4 is 5.73 Å². The van der Waals surface area contributed by atoms with Crippen LogP contribution in [0.15, 0.2) is 6.20 Å². The molecule has 0 aliphatic rings. The Labute approximate surface area is 124 Å². The van der Waals surface area contributed by atoms with E-state index in [2.05, 4.69) is 10.3 Å². The second-order valence-electron chi connectivity index (χ2n) is 5.20. The van der Waals surface area contributed by atoms with E-state index in [-0.39, 0.29) is 12.1 Å². The van der Waals surface area contributed by atoms with Crippen molar-refractivity contribution in [2.24, 2.45) is 5.73 Å². The van der Waals surface area contributed by atoms with Crippen molar-refractivity contribution in [1.82, 2.24) is 15.0 Å². The van der Waals surface area contributed by atoms with Crippen LogP contribution in [0.4, 0.5) is 0 Å². The zero-order valence-corrected chi connectivity index (χ0v) is 12.3. The molecule has 1 aromatic rings. The number of carboxylic acid groups (broad SMARTS) is 1. The third-order valence-corrected chi connectivity index (χ3v) is 3.32. The van der Waals surface area contributed by atoms with Crippen molar-refractivity contribution < 1.29 is 14.7 Å². The highest BCUT2D eigenvalue weighted by molar-refractivity contribution is 5.90. The summed E-state index contributed by atoms with van der Waals surface area (Å²) in [6.45, 7) is 0.749. The maximum absolute atomic E-state index is 10.8. The van der Waals surface area contributed by atoms with Gasteiger partial charge in [-0.05, 0) is 12.8 Å².